The SMILES string of the molecule is O=C(Nc1ccc2c(c1)OCCO2)OCCN1CCC(C(=O)c2ccc(F)cc2)CC1. The first-order chi connectivity index (χ1) is 15.1. The lowest BCUT2D eigenvalue weighted by Crippen LogP contribution is -2.38. The van der Waals surface area contributed by atoms with Crippen molar-refractivity contribution in [2.75, 3.05) is 44.8 Å². The molecule has 7 nitrogen and oxygen atoms in total. The average molecular weight is 428 g/mol. The van der Waals surface area contributed by atoms with Crippen LogP contribution in [-0.4, -0.2) is 56.2 Å². The summed E-state index contributed by atoms with van der Waals surface area (Å²) in [6.07, 6.45) is 0.942. The molecule has 0 aliphatic carbocycles. The highest BCUT2D eigenvalue weighted by Crippen LogP contribution is 2.32. The van der Waals surface area contributed by atoms with Gasteiger partial charge in [-0.05, 0) is 62.3 Å². The number of halogens is 1. The van der Waals surface area contributed by atoms with Crippen molar-refractivity contribution in [3.63, 3.8) is 0 Å². The molecule has 0 saturated carbocycles. The molecule has 0 atom stereocenters. The number of amides is 1. The zero-order valence-electron chi connectivity index (χ0n) is 17.1. The predicted octanol–water partition coefficient (Wildman–Crippen LogP) is 3.74. The van der Waals surface area contributed by atoms with Crippen LogP contribution in [0.4, 0.5) is 14.9 Å². The van der Waals surface area contributed by atoms with Crippen LogP contribution in [0.5, 0.6) is 11.5 Å². The van der Waals surface area contributed by atoms with Gasteiger partial charge in [0, 0.05) is 29.8 Å². The molecule has 2 aromatic rings. The smallest absolute Gasteiger partial charge is 0.411 e. The zero-order chi connectivity index (χ0) is 21.6. The van der Waals surface area contributed by atoms with Crippen molar-refractivity contribution >= 4 is 17.6 Å². The first-order valence-corrected chi connectivity index (χ1v) is 10.4. The Hall–Kier alpha value is -3.13. The number of piperidine rings is 1. The first-order valence-electron chi connectivity index (χ1n) is 10.4. The lowest BCUT2D eigenvalue weighted by atomic mass is 9.89. The molecule has 1 fully saturated rings. The van der Waals surface area contributed by atoms with Gasteiger partial charge in [-0.3, -0.25) is 15.0 Å². The third kappa shape index (κ3) is 5.52. The van der Waals surface area contributed by atoms with Crippen LogP contribution in [0, 0.1) is 11.7 Å². The number of ether oxygens (including phenoxy) is 3. The van der Waals surface area contributed by atoms with E-state index < -0.39 is 6.09 Å². The van der Waals surface area contributed by atoms with Crippen molar-refractivity contribution in [3.8, 4) is 11.5 Å². The maximum atomic E-state index is 13.0. The summed E-state index contributed by atoms with van der Waals surface area (Å²) >= 11 is 0. The molecule has 1 saturated heterocycles. The number of carbonyl (C=O) groups excluding carboxylic acids is 2. The van der Waals surface area contributed by atoms with E-state index in [9.17, 15) is 14.0 Å². The number of ketones is 1. The summed E-state index contributed by atoms with van der Waals surface area (Å²) in [7, 11) is 0. The summed E-state index contributed by atoms with van der Waals surface area (Å²) in [4.78, 5) is 26.8. The summed E-state index contributed by atoms with van der Waals surface area (Å²) in [5.41, 5.74) is 1.13. The molecule has 1 N–H and O–H groups in total. The molecule has 2 heterocycles. The minimum atomic E-state index is -0.530. The Morgan fingerprint density at radius 1 is 1.03 bits per heavy atom. The Morgan fingerprint density at radius 2 is 1.74 bits per heavy atom. The van der Waals surface area contributed by atoms with Crippen molar-refractivity contribution in [1.82, 2.24) is 4.90 Å². The second-order valence-corrected chi connectivity index (χ2v) is 7.61. The average Bonchev–Trinajstić information content (AvgIpc) is 2.79. The van der Waals surface area contributed by atoms with Gasteiger partial charge in [-0.1, -0.05) is 0 Å². The third-order valence-electron chi connectivity index (χ3n) is 5.52. The molecule has 2 aliphatic rings. The number of nitrogens with one attached hydrogen (secondary N) is 1. The van der Waals surface area contributed by atoms with Gasteiger partial charge in [0.15, 0.2) is 17.3 Å². The van der Waals surface area contributed by atoms with Crippen molar-refractivity contribution in [3.05, 3.63) is 53.8 Å². The van der Waals surface area contributed by atoms with E-state index in [4.69, 9.17) is 14.2 Å². The molecule has 164 valence electrons. The number of carbonyl (C=O) groups is 2. The van der Waals surface area contributed by atoms with E-state index in [1.54, 1.807) is 18.2 Å². The summed E-state index contributed by atoms with van der Waals surface area (Å²) in [5, 5.41) is 2.69. The van der Waals surface area contributed by atoms with E-state index >= 15 is 0 Å². The van der Waals surface area contributed by atoms with Crippen LogP contribution in [0.25, 0.3) is 0 Å². The fourth-order valence-corrected chi connectivity index (χ4v) is 3.81. The van der Waals surface area contributed by atoms with Crippen molar-refractivity contribution in [2.24, 2.45) is 5.92 Å². The monoisotopic (exact) mass is 428 g/mol. The normalized spacial score (nSPS) is 16.5. The van der Waals surface area contributed by atoms with Gasteiger partial charge >= 0.3 is 6.09 Å². The molecule has 0 unspecified atom stereocenters. The molecule has 0 bridgehead atoms. The minimum absolute atomic E-state index is 0.0545. The van der Waals surface area contributed by atoms with Crippen molar-refractivity contribution in [2.45, 2.75) is 12.8 Å². The van der Waals surface area contributed by atoms with Crippen LogP contribution in [0.1, 0.15) is 23.2 Å². The quantitative estimate of drug-likeness (QED) is 0.707. The van der Waals surface area contributed by atoms with E-state index in [0.29, 0.717) is 42.5 Å². The van der Waals surface area contributed by atoms with Gasteiger partial charge in [0.05, 0.1) is 0 Å². The van der Waals surface area contributed by atoms with Crippen LogP contribution in [0.3, 0.4) is 0 Å². The van der Waals surface area contributed by atoms with Gasteiger partial charge < -0.3 is 14.2 Å². The second-order valence-electron chi connectivity index (χ2n) is 7.61. The first kappa shape index (κ1) is 21.1. The molecule has 0 aromatic heterocycles. The number of anilines is 1. The van der Waals surface area contributed by atoms with Gasteiger partial charge in [-0.25, -0.2) is 9.18 Å². The summed E-state index contributed by atoms with van der Waals surface area (Å²) in [6, 6.07) is 10.9. The van der Waals surface area contributed by atoms with Crippen LogP contribution < -0.4 is 14.8 Å². The fraction of sp³-hybridized carbons (Fsp3) is 0.391. The maximum Gasteiger partial charge on any atom is 0.411 e. The molecule has 31 heavy (non-hydrogen) atoms. The van der Waals surface area contributed by atoms with Crippen LogP contribution in [0.15, 0.2) is 42.5 Å². The third-order valence-corrected chi connectivity index (χ3v) is 5.52. The Morgan fingerprint density at radius 3 is 2.48 bits per heavy atom. The van der Waals surface area contributed by atoms with Gasteiger partial charge in [0.1, 0.15) is 25.6 Å². The predicted molar refractivity (Wildman–Crippen MR) is 112 cm³/mol. The van der Waals surface area contributed by atoms with Gasteiger partial charge in [0.25, 0.3) is 0 Å². The highest BCUT2D eigenvalue weighted by atomic mass is 19.1. The second kappa shape index (κ2) is 9.78. The van der Waals surface area contributed by atoms with Crippen LogP contribution in [-0.2, 0) is 4.74 Å². The van der Waals surface area contributed by atoms with E-state index in [1.165, 1.54) is 24.3 Å². The molecule has 4 rings (SSSR count). The van der Waals surface area contributed by atoms with Crippen molar-refractivity contribution in [1.29, 1.82) is 0 Å². The molecular weight excluding hydrogens is 403 g/mol. The van der Waals surface area contributed by atoms with E-state index in [0.717, 1.165) is 25.9 Å². The largest absolute Gasteiger partial charge is 0.486 e. The molecule has 1 amide bonds. The molecule has 2 aromatic carbocycles. The fourth-order valence-electron chi connectivity index (χ4n) is 3.81. The number of benzene rings is 2. The summed E-state index contributed by atoms with van der Waals surface area (Å²) in [5.74, 6) is 0.925. The lowest BCUT2D eigenvalue weighted by Gasteiger charge is -2.31. The number of Topliss-reactive ketones (excluding diaryl/α,β-unsaturated/α-hetero) is 1. The van der Waals surface area contributed by atoms with Crippen molar-refractivity contribution < 1.29 is 28.2 Å². The number of rotatable bonds is 6. The Kier molecular flexibility index (Phi) is 6.66. The minimum Gasteiger partial charge on any atom is -0.486 e. The van der Waals surface area contributed by atoms with Crippen LogP contribution in [0.2, 0.25) is 0 Å². The number of likely N-dealkylation sites (tertiary alicyclic amines) is 1. The van der Waals surface area contributed by atoms with Gasteiger partial charge in [0.2, 0.25) is 0 Å². The highest BCUT2D eigenvalue weighted by molar-refractivity contribution is 5.97. The number of hydrogen-bond donors (Lipinski definition) is 1. The topological polar surface area (TPSA) is 77.1 Å². The van der Waals surface area contributed by atoms with Crippen LogP contribution >= 0.6 is 0 Å². The standard InChI is InChI=1S/C23H25FN2O5/c24-18-3-1-16(2-4-18)22(27)17-7-9-26(10-8-17)11-12-31-23(28)25-19-5-6-20-21(15-19)30-14-13-29-20/h1-6,15,17H,7-14H2,(H,25,28). The highest BCUT2D eigenvalue weighted by Gasteiger charge is 2.25. The van der Waals surface area contributed by atoms with E-state index in [2.05, 4.69) is 10.2 Å². The number of nitrogens with zero attached hydrogens (tertiary/aromatic N) is 1. The van der Waals surface area contributed by atoms with E-state index in [-0.39, 0.29) is 24.1 Å². The Bertz CT molecular complexity index is 926. The Balaban J connectivity index is 1.17. The number of fused-ring (bicyclic) bond motifs is 1. The number of hydrogen-bond acceptors (Lipinski definition) is 6. The van der Waals surface area contributed by atoms with Gasteiger partial charge in [-0.15, -0.1) is 0 Å². The lowest BCUT2D eigenvalue weighted by molar-refractivity contribution is 0.0813. The summed E-state index contributed by atoms with van der Waals surface area (Å²) < 4.78 is 29.3. The summed E-state index contributed by atoms with van der Waals surface area (Å²) in [6.45, 7) is 3.36. The molecular formula is C23H25FN2O5. The molecule has 0 radical (unpaired) electrons. The molecule has 2 aliphatic heterocycles. The van der Waals surface area contributed by atoms with E-state index in [1.807, 2.05) is 0 Å². The maximum absolute atomic E-state index is 13.0. The zero-order valence-corrected chi connectivity index (χ0v) is 17.1. The van der Waals surface area contributed by atoms with Gasteiger partial charge in [-0.2, -0.15) is 0 Å². The molecule has 0 spiro atoms. The molecule has 8 heteroatoms. The Labute approximate surface area is 180 Å².